The van der Waals surface area contributed by atoms with E-state index in [0.29, 0.717) is 0 Å². The lowest BCUT2D eigenvalue weighted by Crippen LogP contribution is -2.15. The topological polar surface area (TPSA) is 43.8 Å². The minimum absolute atomic E-state index is 0.277. The van der Waals surface area contributed by atoms with E-state index < -0.39 is 0 Å². The van der Waals surface area contributed by atoms with E-state index in [1.165, 1.54) is 11.1 Å². The molecule has 17 heavy (non-hydrogen) atoms. The van der Waals surface area contributed by atoms with Crippen LogP contribution in [0.15, 0.2) is 42.7 Å². The van der Waals surface area contributed by atoms with Crippen LogP contribution in [0.5, 0.6) is 0 Å². The summed E-state index contributed by atoms with van der Waals surface area (Å²) in [6.07, 6.45) is 6.13. The number of aromatic nitrogens is 2. The summed E-state index contributed by atoms with van der Waals surface area (Å²) in [7, 11) is 0. The van der Waals surface area contributed by atoms with Crippen LogP contribution < -0.4 is 5.73 Å². The molecule has 1 heterocycles. The fraction of sp³-hybridized carbons (Fsp3) is 0.357. The number of hydrogen-bond donors (Lipinski definition) is 1. The van der Waals surface area contributed by atoms with Gasteiger partial charge >= 0.3 is 0 Å². The highest BCUT2D eigenvalue weighted by Crippen LogP contribution is 2.17. The van der Waals surface area contributed by atoms with E-state index in [-0.39, 0.29) is 6.04 Å². The van der Waals surface area contributed by atoms with Gasteiger partial charge in [-0.25, -0.2) is 0 Å². The van der Waals surface area contributed by atoms with Gasteiger partial charge in [0.2, 0.25) is 0 Å². The molecule has 2 N–H and O–H groups in total. The summed E-state index contributed by atoms with van der Waals surface area (Å²) >= 11 is 0. The molecule has 2 aromatic rings. The Bertz CT molecular complexity index is 446. The first kappa shape index (κ1) is 11.9. The van der Waals surface area contributed by atoms with Crippen molar-refractivity contribution in [2.75, 3.05) is 0 Å². The molecule has 3 heteroatoms. The van der Waals surface area contributed by atoms with Crippen molar-refractivity contribution in [3.05, 3.63) is 42.7 Å². The molecule has 0 bridgehead atoms. The van der Waals surface area contributed by atoms with Crippen molar-refractivity contribution in [2.24, 2.45) is 5.73 Å². The lowest BCUT2D eigenvalue weighted by Gasteiger charge is -2.04. The van der Waals surface area contributed by atoms with E-state index in [1.54, 1.807) is 0 Å². The maximum atomic E-state index is 5.72. The highest BCUT2D eigenvalue weighted by Gasteiger charge is 2.01. The number of hydrogen-bond acceptors (Lipinski definition) is 2. The Kier molecular flexibility index (Phi) is 3.94. The zero-order chi connectivity index (χ0) is 12.1. The van der Waals surface area contributed by atoms with E-state index in [2.05, 4.69) is 23.4 Å². The largest absolute Gasteiger partial charge is 0.328 e. The predicted octanol–water partition coefficient (Wildman–Crippen LogP) is 2.68. The van der Waals surface area contributed by atoms with E-state index in [4.69, 9.17) is 5.73 Å². The molecule has 3 nitrogen and oxygen atoms in total. The number of nitrogens with zero attached hydrogens (tertiary/aromatic N) is 2. The van der Waals surface area contributed by atoms with Gasteiger partial charge in [0.25, 0.3) is 0 Å². The summed E-state index contributed by atoms with van der Waals surface area (Å²) in [5, 5.41) is 4.37. The maximum absolute atomic E-state index is 5.72. The van der Waals surface area contributed by atoms with Crippen LogP contribution >= 0.6 is 0 Å². The number of nitrogens with two attached hydrogens (primary N) is 1. The first-order chi connectivity index (χ1) is 8.25. The Morgan fingerprint density at radius 2 is 2.00 bits per heavy atom. The van der Waals surface area contributed by atoms with Gasteiger partial charge in [0, 0.05) is 24.3 Å². The lowest BCUT2D eigenvalue weighted by molar-refractivity contribution is 0.525. The van der Waals surface area contributed by atoms with E-state index in [9.17, 15) is 0 Å². The molecule has 0 amide bonds. The predicted molar refractivity (Wildman–Crippen MR) is 70.5 cm³/mol. The van der Waals surface area contributed by atoms with Crippen molar-refractivity contribution in [2.45, 2.75) is 32.4 Å². The Morgan fingerprint density at radius 1 is 1.24 bits per heavy atom. The van der Waals surface area contributed by atoms with Gasteiger partial charge in [0.1, 0.15) is 0 Å². The van der Waals surface area contributed by atoms with Gasteiger partial charge in [-0.15, -0.1) is 0 Å². The monoisotopic (exact) mass is 229 g/mol. The van der Waals surface area contributed by atoms with Crippen LogP contribution in [0.1, 0.15) is 19.8 Å². The van der Waals surface area contributed by atoms with E-state index >= 15 is 0 Å². The molecule has 0 aliphatic heterocycles. The molecule has 0 saturated carbocycles. The summed E-state index contributed by atoms with van der Waals surface area (Å²) in [5.74, 6) is 0. The molecule has 0 aliphatic rings. The van der Waals surface area contributed by atoms with Gasteiger partial charge in [-0.2, -0.15) is 5.10 Å². The Labute approximate surface area is 102 Å². The van der Waals surface area contributed by atoms with Crippen LogP contribution in [0.3, 0.4) is 0 Å². The maximum Gasteiger partial charge on any atom is 0.0568 e. The number of rotatable bonds is 5. The second-order valence-corrected chi connectivity index (χ2v) is 4.48. The molecule has 1 aromatic heterocycles. The summed E-state index contributed by atoms with van der Waals surface area (Å²) in [4.78, 5) is 0. The SMILES string of the molecule is CC(N)CCCn1cc(-c2ccccc2)cn1. The highest BCUT2D eigenvalue weighted by molar-refractivity contribution is 5.61. The Hall–Kier alpha value is -1.61. The lowest BCUT2D eigenvalue weighted by atomic mass is 10.1. The van der Waals surface area contributed by atoms with Crippen molar-refractivity contribution in [3.8, 4) is 11.1 Å². The average molecular weight is 229 g/mol. The van der Waals surface area contributed by atoms with Gasteiger partial charge in [0.15, 0.2) is 0 Å². The van der Waals surface area contributed by atoms with Crippen molar-refractivity contribution in [1.82, 2.24) is 9.78 Å². The molecule has 0 radical (unpaired) electrons. The first-order valence-electron chi connectivity index (χ1n) is 6.09. The van der Waals surface area contributed by atoms with Gasteiger partial charge in [-0.3, -0.25) is 4.68 Å². The van der Waals surface area contributed by atoms with Gasteiger partial charge in [-0.05, 0) is 25.3 Å². The Morgan fingerprint density at radius 3 is 2.71 bits per heavy atom. The van der Waals surface area contributed by atoms with Crippen molar-refractivity contribution < 1.29 is 0 Å². The van der Waals surface area contributed by atoms with Gasteiger partial charge < -0.3 is 5.73 Å². The number of benzene rings is 1. The quantitative estimate of drug-likeness (QED) is 0.856. The van der Waals surface area contributed by atoms with Crippen LogP contribution in [0.2, 0.25) is 0 Å². The van der Waals surface area contributed by atoms with E-state index in [1.807, 2.05) is 36.0 Å². The highest BCUT2D eigenvalue weighted by atomic mass is 15.3. The fourth-order valence-electron chi connectivity index (χ4n) is 1.84. The summed E-state index contributed by atoms with van der Waals surface area (Å²) in [6, 6.07) is 10.6. The van der Waals surface area contributed by atoms with Crippen molar-refractivity contribution in [3.63, 3.8) is 0 Å². The molecule has 2 rings (SSSR count). The smallest absolute Gasteiger partial charge is 0.0568 e. The van der Waals surface area contributed by atoms with Crippen molar-refractivity contribution >= 4 is 0 Å². The molecule has 0 aliphatic carbocycles. The second-order valence-electron chi connectivity index (χ2n) is 4.48. The normalized spacial score (nSPS) is 12.6. The third-order valence-electron chi connectivity index (χ3n) is 2.79. The van der Waals surface area contributed by atoms with Crippen LogP contribution in [-0.2, 0) is 6.54 Å². The molecular formula is C14H19N3. The molecule has 90 valence electrons. The van der Waals surface area contributed by atoms with Crippen LogP contribution in [-0.4, -0.2) is 15.8 Å². The summed E-state index contributed by atoms with van der Waals surface area (Å²) < 4.78 is 1.99. The van der Waals surface area contributed by atoms with Crippen molar-refractivity contribution in [1.29, 1.82) is 0 Å². The Balaban J connectivity index is 1.97. The zero-order valence-corrected chi connectivity index (χ0v) is 10.2. The molecule has 0 saturated heterocycles. The summed E-state index contributed by atoms with van der Waals surface area (Å²) in [6.45, 7) is 2.98. The minimum atomic E-state index is 0.277. The third kappa shape index (κ3) is 3.43. The standard InChI is InChI=1S/C14H19N3/c1-12(15)6-5-9-17-11-14(10-16-17)13-7-3-2-4-8-13/h2-4,7-8,10-12H,5-6,9,15H2,1H3. The minimum Gasteiger partial charge on any atom is -0.328 e. The number of aryl methyl sites for hydroxylation is 1. The first-order valence-corrected chi connectivity index (χ1v) is 6.09. The zero-order valence-electron chi connectivity index (χ0n) is 10.2. The second kappa shape index (κ2) is 5.64. The fourth-order valence-corrected chi connectivity index (χ4v) is 1.84. The van der Waals surface area contributed by atoms with Crippen LogP contribution in [0, 0.1) is 0 Å². The van der Waals surface area contributed by atoms with E-state index in [0.717, 1.165) is 19.4 Å². The molecule has 0 spiro atoms. The molecular weight excluding hydrogens is 210 g/mol. The summed E-state index contributed by atoms with van der Waals surface area (Å²) in [5.41, 5.74) is 8.11. The van der Waals surface area contributed by atoms with Crippen LogP contribution in [0.25, 0.3) is 11.1 Å². The molecule has 1 atom stereocenters. The molecule has 1 unspecified atom stereocenters. The third-order valence-corrected chi connectivity index (χ3v) is 2.79. The van der Waals surface area contributed by atoms with Gasteiger partial charge in [-0.1, -0.05) is 30.3 Å². The van der Waals surface area contributed by atoms with Gasteiger partial charge in [0.05, 0.1) is 6.20 Å². The molecule has 0 fully saturated rings. The molecule has 1 aromatic carbocycles. The van der Waals surface area contributed by atoms with Crippen LogP contribution in [0.4, 0.5) is 0 Å². The average Bonchev–Trinajstić information content (AvgIpc) is 2.78.